The fourth-order valence-electron chi connectivity index (χ4n) is 4.15. The van der Waals surface area contributed by atoms with E-state index in [2.05, 4.69) is 23.6 Å². The first-order valence-electron chi connectivity index (χ1n) is 12.0. The van der Waals surface area contributed by atoms with Gasteiger partial charge in [0.25, 0.3) is 11.8 Å². The lowest BCUT2D eigenvalue weighted by Crippen LogP contribution is -2.44. The van der Waals surface area contributed by atoms with Crippen molar-refractivity contribution in [2.24, 2.45) is 0 Å². The van der Waals surface area contributed by atoms with E-state index in [0.717, 1.165) is 44.2 Å². The number of fused-ring (bicyclic) bond motifs is 1. The second kappa shape index (κ2) is 11.5. The molecule has 1 fully saturated rings. The topological polar surface area (TPSA) is 67.9 Å². The van der Waals surface area contributed by atoms with E-state index in [4.69, 9.17) is 33.3 Å². The average molecular weight is 575 g/mol. The molecule has 1 aliphatic rings. The molecule has 0 atom stereocenters. The van der Waals surface area contributed by atoms with Crippen LogP contribution in [0.5, 0.6) is 11.5 Å². The van der Waals surface area contributed by atoms with Crippen molar-refractivity contribution in [3.63, 3.8) is 0 Å². The zero-order valence-electron chi connectivity index (χ0n) is 21.1. The van der Waals surface area contributed by atoms with Crippen LogP contribution in [0.1, 0.15) is 27.0 Å². The minimum Gasteiger partial charge on any atom is -0.493 e. The van der Waals surface area contributed by atoms with Gasteiger partial charge in [0.05, 0.1) is 22.6 Å². The maximum atomic E-state index is 13.1. The molecule has 0 bridgehead atoms. The van der Waals surface area contributed by atoms with Crippen molar-refractivity contribution in [3.05, 3.63) is 111 Å². The number of halogens is 1. The number of nitrogens with one attached hydrogen (secondary N) is 1. The Morgan fingerprint density at radius 2 is 1.85 bits per heavy atom. The number of nitrogens with zero attached hydrogens (tertiary/aromatic N) is 1. The predicted molar refractivity (Wildman–Crippen MR) is 160 cm³/mol. The van der Waals surface area contributed by atoms with Crippen LogP contribution in [-0.2, 0) is 11.4 Å². The lowest BCUT2D eigenvalue weighted by atomic mass is 10.1. The molecule has 0 saturated carbocycles. The molecule has 5 rings (SSSR count). The third-order valence-corrected chi connectivity index (χ3v) is 7.74. The number of aryl methyl sites for hydroxylation is 1. The number of hydrogen-bond donors (Lipinski definition) is 1. The molecule has 4 aromatic rings. The van der Waals surface area contributed by atoms with Crippen LogP contribution in [0.4, 0.5) is 0 Å². The van der Waals surface area contributed by atoms with Gasteiger partial charge in [-0.25, -0.2) is 0 Å². The molecular formula is C30H23ClN2O4S2. The highest BCUT2D eigenvalue weighted by Gasteiger charge is 2.34. The fourth-order valence-corrected chi connectivity index (χ4v) is 5.65. The number of carbonyl (C=O) groups is 2. The molecule has 0 radical (unpaired) electrons. The van der Waals surface area contributed by atoms with Gasteiger partial charge in [0, 0.05) is 0 Å². The predicted octanol–water partition coefficient (Wildman–Crippen LogP) is 6.94. The molecule has 0 aromatic heterocycles. The number of carbonyl (C=O) groups excluding carboxylic acids is 2. The Morgan fingerprint density at radius 3 is 2.64 bits per heavy atom. The summed E-state index contributed by atoms with van der Waals surface area (Å²) in [5.41, 5.74) is 5.52. The summed E-state index contributed by atoms with van der Waals surface area (Å²) >= 11 is 12.7. The van der Waals surface area contributed by atoms with Gasteiger partial charge in [0.15, 0.2) is 15.8 Å². The maximum Gasteiger partial charge on any atom is 0.285 e. The van der Waals surface area contributed by atoms with Gasteiger partial charge in [0.2, 0.25) is 0 Å². The number of ether oxygens (including phenoxy) is 2. The van der Waals surface area contributed by atoms with Crippen LogP contribution in [0.15, 0.2) is 83.8 Å². The number of benzene rings is 4. The monoisotopic (exact) mass is 574 g/mol. The molecule has 6 nitrogen and oxygen atoms in total. The van der Waals surface area contributed by atoms with Crippen LogP contribution in [0.3, 0.4) is 0 Å². The SMILES string of the molecule is COc1cc(/C=C2/SC(=S)N(NC(=O)c3ccc(C)cc3Cl)C2=O)ccc1OCc1cccc2ccccc12. The largest absolute Gasteiger partial charge is 0.493 e. The summed E-state index contributed by atoms with van der Waals surface area (Å²) in [4.78, 5) is 26.2. The Labute approximate surface area is 240 Å². The van der Waals surface area contributed by atoms with Gasteiger partial charge in [-0.1, -0.05) is 78.0 Å². The Hall–Kier alpha value is -3.85. The van der Waals surface area contributed by atoms with Crippen LogP contribution >= 0.6 is 35.6 Å². The van der Waals surface area contributed by atoms with E-state index in [0.29, 0.717) is 28.0 Å². The van der Waals surface area contributed by atoms with Crippen molar-refractivity contribution in [1.82, 2.24) is 10.4 Å². The van der Waals surface area contributed by atoms with Crippen LogP contribution in [0.2, 0.25) is 5.02 Å². The molecule has 0 unspecified atom stereocenters. The van der Waals surface area contributed by atoms with Crippen molar-refractivity contribution < 1.29 is 19.1 Å². The summed E-state index contributed by atoms with van der Waals surface area (Å²) in [7, 11) is 1.56. The number of methoxy groups -OCH3 is 1. The molecule has 9 heteroatoms. The van der Waals surface area contributed by atoms with Crippen LogP contribution < -0.4 is 14.9 Å². The zero-order chi connectivity index (χ0) is 27.5. The molecular weight excluding hydrogens is 552 g/mol. The van der Waals surface area contributed by atoms with Crippen molar-refractivity contribution in [2.45, 2.75) is 13.5 Å². The van der Waals surface area contributed by atoms with E-state index in [1.54, 1.807) is 43.5 Å². The molecule has 2 amide bonds. The number of thioether (sulfide) groups is 1. The number of amides is 2. The molecule has 1 aliphatic heterocycles. The number of rotatable bonds is 7. The first-order valence-corrected chi connectivity index (χ1v) is 13.6. The molecule has 0 spiro atoms. The van der Waals surface area contributed by atoms with Gasteiger partial charge in [-0.15, -0.1) is 0 Å². The van der Waals surface area contributed by atoms with Crippen molar-refractivity contribution >= 4 is 68.6 Å². The van der Waals surface area contributed by atoms with E-state index in [-0.39, 0.29) is 9.88 Å². The van der Waals surface area contributed by atoms with Gasteiger partial charge < -0.3 is 9.47 Å². The highest BCUT2D eigenvalue weighted by molar-refractivity contribution is 8.26. The summed E-state index contributed by atoms with van der Waals surface area (Å²) in [6.45, 7) is 2.25. The smallest absolute Gasteiger partial charge is 0.285 e. The third-order valence-electron chi connectivity index (χ3n) is 6.12. The maximum absolute atomic E-state index is 13.1. The van der Waals surface area contributed by atoms with Gasteiger partial charge >= 0.3 is 0 Å². The van der Waals surface area contributed by atoms with Crippen LogP contribution in [0, 0.1) is 6.92 Å². The Balaban J connectivity index is 1.30. The van der Waals surface area contributed by atoms with Crippen molar-refractivity contribution in [3.8, 4) is 11.5 Å². The fraction of sp³-hybridized carbons (Fsp3) is 0.100. The lowest BCUT2D eigenvalue weighted by Gasteiger charge is -2.16. The van der Waals surface area contributed by atoms with Gasteiger partial charge in [-0.05, 0) is 76.9 Å². The Bertz CT molecular complexity index is 1650. The van der Waals surface area contributed by atoms with Crippen LogP contribution in [0.25, 0.3) is 16.8 Å². The summed E-state index contributed by atoms with van der Waals surface area (Å²) in [5.74, 6) is 0.155. The lowest BCUT2D eigenvalue weighted by molar-refractivity contribution is -0.123. The second-order valence-electron chi connectivity index (χ2n) is 8.78. The average Bonchev–Trinajstić information content (AvgIpc) is 3.19. The third kappa shape index (κ3) is 5.78. The molecule has 0 aliphatic carbocycles. The zero-order valence-corrected chi connectivity index (χ0v) is 23.5. The Morgan fingerprint density at radius 1 is 1.05 bits per heavy atom. The molecule has 39 heavy (non-hydrogen) atoms. The molecule has 196 valence electrons. The van der Waals surface area contributed by atoms with Crippen LogP contribution in [-0.4, -0.2) is 28.3 Å². The van der Waals surface area contributed by atoms with E-state index in [1.165, 1.54) is 0 Å². The quantitative estimate of drug-likeness (QED) is 0.191. The van der Waals surface area contributed by atoms with Crippen molar-refractivity contribution in [2.75, 3.05) is 7.11 Å². The summed E-state index contributed by atoms with van der Waals surface area (Å²) < 4.78 is 11.9. The summed E-state index contributed by atoms with van der Waals surface area (Å²) in [6.07, 6.45) is 1.70. The minimum absolute atomic E-state index is 0.213. The highest BCUT2D eigenvalue weighted by atomic mass is 35.5. The Kier molecular flexibility index (Phi) is 7.88. The van der Waals surface area contributed by atoms with Gasteiger partial charge in [0.1, 0.15) is 6.61 Å². The molecule has 1 saturated heterocycles. The number of hydrogen-bond acceptors (Lipinski definition) is 6. The van der Waals surface area contributed by atoms with Gasteiger partial charge in [-0.2, -0.15) is 5.01 Å². The van der Waals surface area contributed by atoms with E-state index in [1.807, 2.05) is 37.3 Å². The highest BCUT2D eigenvalue weighted by Crippen LogP contribution is 2.35. The normalized spacial score (nSPS) is 14.2. The van der Waals surface area contributed by atoms with E-state index >= 15 is 0 Å². The molecule has 4 aromatic carbocycles. The van der Waals surface area contributed by atoms with Gasteiger partial charge in [-0.3, -0.25) is 15.0 Å². The number of thiocarbonyl (C=S) groups is 1. The second-order valence-corrected chi connectivity index (χ2v) is 10.9. The molecule has 1 heterocycles. The first-order chi connectivity index (χ1) is 18.8. The summed E-state index contributed by atoms with van der Waals surface area (Å²) in [5, 5.41) is 3.64. The van der Waals surface area contributed by atoms with E-state index in [9.17, 15) is 9.59 Å². The summed E-state index contributed by atoms with van der Waals surface area (Å²) in [6, 6.07) is 24.8. The standard InChI is InChI=1S/C30H23ClN2O4S2/c1-18-10-12-23(24(31)14-18)28(34)32-33-29(35)27(39-30(33)38)16-19-11-13-25(26(15-19)36-2)37-17-21-8-5-7-20-6-3-4-9-22(20)21/h3-16H,17H2,1-2H3,(H,32,34)/b27-16+. The first kappa shape index (κ1) is 26.7. The minimum atomic E-state index is -0.521. The molecule has 1 N–H and O–H groups in total. The van der Waals surface area contributed by atoms with Crippen molar-refractivity contribution in [1.29, 1.82) is 0 Å². The number of hydrazine groups is 1. The van der Waals surface area contributed by atoms with E-state index < -0.39 is 11.8 Å².